The lowest BCUT2D eigenvalue weighted by atomic mass is 9.97. The highest BCUT2D eigenvalue weighted by atomic mass is 14.9. The van der Waals surface area contributed by atoms with Crippen molar-refractivity contribution < 1.29 is 0 Å². The van der Waals surface area contributed by atoms with Crippen molar-refractivity contribution in [2.24, 2.45) is 11.7 Å². The zero-order valence-electron chi connectivity index (χ0n) is 9.74. The van der Waals surface area contributed by atoms with Crippen molar-refractivity contribution in [1.29, 1.82) is 0 Å². The third kappa shape index (κ3) is 4.45. The Hall–Kier alpha value is -0.860. The van der Waals surface area contributed by atoms with Crippen LogP contribution in [0.2, 0.25) is 0 Å². The third-order valence-electron chi connectivity index (χ3n) is 2.44. The smallest absolute Gasteiger partial charge is 0.0323 e. The van der Waals surface area contributed by atoms with Gasteiger partial charge in [-0.25, -0.2) is 0 Å². The number of hydrogen-bond donors (Lipinski definition) is 2. The van der Waals surface area contributed by atoms with E-state index in [1.165, 1.54) is 5.56 Å². The van der Waals surface area contributed by atoms with Crippen LogP contribution in [0, 0.1) is 5.92 Å². The third-order valence-corrected chi connectivity index (χ3v) is 2.44. The molecule has 0 saturated carbocycles. The first-order chi connectivity index (χ1) is 7.24. The van der Waals surface area contributed by atoms with E-state index in [2.05, 4.69) is 49.5 Å². The maximum Gasteiger partial charge on any atom is 0.0323 e. The second-order valence-electron chi connectivity index (χ2n) is 4.34. The maximum atomic E-state index is 5.52. The van der Waals surface area contributed by atoms with Crippen LogP contribution in [0.4, 0.5) is 0 Å². The van der Waals surface area contributed by atoms with Crippen molar-refractivity contribution in [3.8, 4) is 0 Å². The zero-order chi connectivity index (χ0) is 11.1. The Bertz CT molecular complexity index is 256. The molecule has 1 unspecified atom stereocenters. The van der Waals surface area contributed by atoms with E-state index >= 15 is 0 Å². The molecule has 0 aromatic heterocycles. The molecule has 2 heteroatoms. The van der Waals surface area contributed by atoms with Gasteiger partial charge in [0.05, 0.1) is 0 Å². The van der Waals surface area contributed by atoms with E-state index in [0.29, 0.717) is 18.5 Å². The van der Waals surface area contributed by atoms with Crippen LogP contribution in [0.15, 0.2) is 30.3 Å². The second-order valence-corrected chi connectivity index (χ2v) is 4.34. The van der Waals surface area contributed by atoms with E-state index < -0.39 is 0 Å². The molecule has 0 radical (unpaired) electrons. The molecule has 3 N–H and O–H groups in total. The molecule has 1 aromatic carbocycles. The molecule has 0 amide bonds. The molecule has 0 spiro atoms. The van der Waals surface area contributed by atoms with Gasteiger partial charge in [-0.05, 0) is 17.9 Å². The second kappa shape index (κ2) is 6.59. The summed E-state index contributed by atoms with van der Waals surface area (Å²) in [5.74, 6) is 0.695. The predicted molar refractivity (Wildman–Crippen MR) is 65.7 cm³/mol. The van der Waals surface area contributed by atoms with E-state index in [9.17, 15) is 0 Å². The lowest BCUT2D eigenvalue weighted by Crippen LogP contribution is -2.28. The van der Waals surface area contributed by atoms with E-state index in [0.717, 1.165) is 13.0 Å². The molecule has 0 heterocycles. The Morgan fingerprint density at radius 3 is 2.40 bits per heavy atom. The van der Waals surface area contributed by atoms with Gasteiger partial charge in [0.2, 0.25) is 0 Å². The number of benzene rings is 1. The van der Waals surface area contributed by atoms with Crippen LogP contribution < -0.4 is 11.1 Å². The summed E-state index contributed by atoms with van der Waals surface area (Å²) >= 11 is 0. The molecule has 1 atom stereocenters. The number of rotatable bonds is 6. The van der Waals surface area contributed by atoms with Crippen LogP contribution in [0.1, 0.15) is 31.9 Å². The molecule has 1 aromatic rings. The summed E-state index contributed by atoms with van der Waals surface area (Å²) in [6.07, 6.45) is 1.16. The average molecular weight is 206 g/mol. The average Bonchev–Trinajstić information content (AvgIpc) is 2.25. The van der Waals surface area contributed by atoms with Gasteiger partial charge < -0.3 is 11.1 Å². The molecule has 84 valence electrons. The minimum absolute atomic E-state index is 0.440. The molecule has 0 fully saturated rings. The largest absolute Gasteiger partial charge is 0.329 e. The molecule has 15 heavy (non-hydrogen) atoms. The van der Waals surface area contributed by atoms with Gasteiger partial charge in [0.25, 0.3) is 0 Å². The van der Waals surface area contributed by atoms with Crippen LogP contribution in [0.3, 0.4) is 0 Å². The summed E-state index contributed by atoms with van der Waals surface area (Å²) in [7, 11) is 0. The summed E-state index contributed by atoms with van der Waals surface area (Å²) < 4.78 is 0. The molecular weight excluding hydrogens is 184 g/mol. The van der Waals surface area contributed by atoms with Gasteiger partial charge in [-0.2, -0.15) is 0 Å². The predicted octanol–water partition coefficient (Wildman–Crippen LogP) is 2.32. The monoisotopic (exact) mass is 206 g/mol. The first kappa shape index (κ1) is 12.2. The summed E-state index contributed by atoms with van der Waals surface area (Å²) in [6.45, 7) is 6.08. The van der Waals surface area contributed by atoms with Gasteiger partial charge >= 0.3 is 0 Å². The highest BCUT2D eigenvalue weighted by Gasteiger charge is 2.11. The highest BCUT2D eigenvalue weighted by Crippen LogP contribution is 2.20. The van der Waals surface area contributed by atoms with Crippen LogP contribution in [-0.4, -0.2) is 13.1 Å². The van der Waals surface area contributed by atoms with Gasteiger partial charge in [0, 0.05) is 19.1 Å². The number of nitrogens with one attached hydrogen (secondary N) is 1. The lowest BCUT2D eigenvalue weighted by Gasteiger charge is -2.20. The van der Waals surface area contributed by atoms with Crippen molar-refractivity contribution in [2.75, 3.05) is 13.1 Å². The quantitative estimate of drug-likeness (QED) is 0.749. The summed E-state index contributed by atoms with van der Waals surface area (Å²) in [5, 5.41) is 3.49. The molecule has 0 aliphatic heterocycles. The van der Waals surface area contributed by atoms with Crippen molar-refractivity contribution in [2.45, 2.75) is 26.3 Å². The molecule has 0 saturated heterocycles. The Kier molecular flexibility index (Phi) is 5.37. The molecule has 2 nitrogen and oxygen atoms in total. The fraction of sp³-hybridized carbons (Fsp3) is 0.538. The van der Waals surface area contributed by atoms with Crippen LogP contribution in [0.5, 0.6) is 0 Å². The van der Waals surface area contributed by atoms with Crippen LogP contribution in [0.25, 0.3) is 0 Å². The molecular formula is C13H22N2. The molecule has 0 aliphatic carbocycles. The molecule has 0 aliphatic rings. The summed E-state index contributed by atoms with van der Waals surface area (Å²) in [6, 6.07) is 11.0. The van der Waals surface area contributed by atoms with Crippen molar-refractivity contribution >= 4 is 0 Å². The van der Waals surface area contributed by atoms with Gasteiger partial charge in [-0.15, -0.1) is 0 Å². The first-order valence-corrected chi connectivity index (χ1v) is 5.72. The van der Waals surface area contributed by atoms with Gasteiger partial charge in [-0.1, -0.05) is 44.2 Å². The van der Waals surface area contributed by atoms with Crippen LogP contribution in [-0.2, 0) is 0 Å². The Balaban J connectivity index is 2.63. The van der Waals surface area contributed by atoms with Crippen LogP contribution >= 0.6 is 0 Å². The van der Waals surface area contributed by atoms with Crippen molar-refractivity contribution in [3.63, 3.8) is 0 Å². The standard InChI is InChI=1S/C13H22N2/c1-11(2)10-13(15-9-8-14)12-6-4-3-5-7-12/h3-7,11,13,15H,8-10,14H2,1-2H3. The fourth-order valence-corrected chi connectivity index (χ4v) is 1.75. The number of nitrogens with two attached hydrogens (primary N) is 1. The highest BCUT2D eigenvalue weighted by molar-refractivity contribution is 5.18. The maximum absolute atomic E-state index is 5.52. The van der Waals surface area contributed by atoms with Gasteiger partial charge in [0.15, 0.2) is 0 Å². The van der Waals surface area contributed by atoms with E-state index in [1.54, 1.807) is 0 Å². The Morgan fingerprint density at radius 2 is 1.87 bits per heavy atom. The first-order valence-electron chi connectivity index (χ1n) is 5.72. The zero-order valence-corrected chi connectivity index (χ0v) is 9.74. The Labute approximate surface area is 92.9 Å². The normalized spacial score (nSPS) is 13.1. The minimum atomic E-state index is 0.440. The van der Waals surface area contributed by atoms with Gasteiger partial charge in [0.1, 0.15) is 0 Å². The Morgan fingerprint density at radius 1 is 1.20 bits per heavy atom. The SMILES string of the molecule is CC(C)CC(NCCN)c1ccccc1. The fourth-order valence-electron chi connectivity index (χ4n) is 1.75. The summed E-state index contributed by atoms with van der Waals surface area (Å²) in [4.78, 5) is 0. The van der Waals surface area contributed by atoms with E-state index in [1.807, 2.05) is 0 Å². The van der Waals surface area contributed by atoms with Crippen molar-refractivity contribution in [3.05, 3.63) is 35.9 Å². The van der Waals surface area contributed by atoms with E-state index in [4.69, 9.17) is 5.73 Å². The van der Waals surface area contributed by atoms with Gasteiger partial charge in [-0.3, -0.25) is 0 Å². The minimum Gasteiger partial charge on any atom is -0.329 e. The summed E-state index contributed by atoms with van der Waals surface area (Å²) in [5.41, 5.74) is 6.88. The topological polar surface area (TPSA) is 38.0 Å². The van der Waals surface area contributed by atoms with E-state index in [-0.39, 0.29) is 0 Å². The number of hydrogen-bond acceptors (Lipinski definition) is 2. The van der Waals surface area contributed by atoms with Crippen molar-refractivity contribution in [1.82, 2.24) is 5.32 Å². The molecule has 0 bridgehead atoms. The lowest BCUT2D eigenvalue weighted by molar-refractivity contribution is 0.434. The molecule has 1 rings (SSSR count).